The van der Waals surface area contributed by atoms with Crippen LogP contribution in [0.1, 0.15) is 21.5 Å². The van der Waals surface area contributed by atoms with Crippen molar-refractivity contribution in [3.05, 3.63) is 64.2 Å². The molecule has 0 heterocycles. The van der Waals surface area contributed by atoms with Crippen LogP contribution in [0.15, 0.2) is 42.5 Å². The normalized spacial score (nSPS) is 10.4. The minimum absolute atomic E-state index is 0.107. The lowest BCUT2D eigenvalue weighted by Crippen LogP contribution is -2.09. The van der Waals surface area contributed by atoms with Gasteiger partial charge >= 0.3 is 0 Å². The van der Waals surface area contributed by atoms with Crippen LogP contribution in [0, 0.1) is 6.92 Å². The maximum Gasteiger partial charge on any atom is 0.196 e. The summed E-state index contributed by atoms with van der Waals surface area (Å²) in [5.41, 5.74) is 2.01. The summed E-state index contributed by atoms with van der Waals surface area (Å²) in [6, 6.07) is 12.5. The van der Waals surface area contributed by atoms with E-state index in [0.29, 0.717) is 35.1 Å². The highest BCUT2D eigenvalue weighted by Crippen LogP contribution is 2.24. The minimum atomic E-state index is -0.107. The molecule has 0 spiro atoms. The first-order valence-electron chi connectivity index (χ1n) is 6.65. The number of hydrogen-bond acceptors (Lipinski definition) is 3. The van der Waals surface area contributed by atoms with E-state index in [-0.39, 0.29) is 5.78 Å². The van der Waals surface area contributed by atoms with Crippen molar-refractivity contribution in [2.45, 2.75) is 6.92 Å². The number of ketones is 1. The average Bonchev–Trinajstić information content (AvgIpc) is 2.50. The van der Waals surface area contributed by atoms with Crippen LogP contribution in [0.2, 0.25) is 5.02 Å². The van der Waals surface area contributed by atoms with E-state index in [0.717, 1.165) is 5.56 Å². The van der Waals surface area contributed by atoms with Crippen molar-refractivity contribution in [1.82, 2.24) is 0 Å². The molecule has 0 radical (unpaired) electrons. The predicted molar refractivity (Wildman–Crippen MR) is 83.4 cm³/mol. The Hall–Kier alpha value is -1.84. The number of halogens is 1. The number of methoxy groups -OCH3 is 1. The monoisotopic (exact) mass is 304 g/mol. The van der Waals surface area contributed by atoms with Crippen LogP contribution in [0.3, 0.4) is 0 Å². The van der Waals surface area contributed by atoms with E-state index in [4.69, 9.17) is 21.1 Å². The molecule has 21 heavy (non-hydrogen) atoms. The smallest absolute Gasteiger partial charge is 0.196 e. The van der Waals surface area contributed by atoms with Gasteiger partial charge in [0.15, 0.2) is 5.78 Å². The second kappa shape index (κ2) is 7.25. The fraction of sp³-hybridized carbons (Fsp3) is 0.235. The first-order valence-corrected chi connectivity index (χ1v) is 7.03. The molecule has 2 aromatic carbocycles. The summed E-state index contributed by atoms with van der Waals surface area (Å²) < 4.78 is 10.5. The number of ether oxygens (including phenoxy) is 2. The Kier molecular flexibility index (Phi) is 5.37. The third kappa shape index (κ3) is 3.84. The van der Waals surface area contributed by atoms with Crippen molar-refractivity contribution in [2.75, 3.05) is 20.3 Å². The van der Waals surface area contributed by atoms with Gasteiger partial charge in [0.1, 0.15) is 12.4 Å². The molecule has 0 saturated heterocycles. The SMILES string of the molecule is COCCOc1ccccc1C(=O)c1ccc(C)c(Cl)c1. The summed E-state index contributed by atoms with van der Waals surface area (Å²) in [6.07, 6.45) is 0. The molecule has 0 bridgehead atoms. The number of carbonyl (C=O) groups excluding carboxylic acids is 1. The Balaban J connectivity index is 2.27. The molecule has 0 atom stereocenters. The molecule has 0 N–H and O–H groups in total. The number of hydrogen-bond donors (Lipinski definition) is 0. The van der Waals surface area contributed by atoms with Gasteiger partial charge in [0.2, 0.25) is 0 Å². The van der Waals surface area contributed by atoms with Crippen molar-refractivity contribution < 1.29 is 14.3 Å². The number of para-hydroxylation sites is 1. The largest absolute Gasteiger partial charge is 0.490 e. The third-order valence-electron chi connectivity index (χ3n) is 3.11. The van der Waals surface area contributed by atoms with E-state index in [2.05, 4.69) is 0 Å². The van der Waals surface area contributed by atoms with E-state index < -0.39 is 0 Å². The number of aryl methyl sites for hydroxylation is 1. The highest BCUT2D eigenvalue weighted by molar-refractivity contribution is 6.32. The lowest BCUT2D eigenvalue weighted by Gasteiger charge is -2.11. The zero-order valence-electron chi connectivity index (χ0n) is 12.1. The Labute approximate surface area is 129 Å². The van der Waals surface area contributed by atoms with E-state index in [9.17, 15) is 4.79 Å². The molecule has 110 valence electrons. The van der Waals surface area contributed by atoms with E-state index in [1.54, 1.807) is 31.4 Å². The van der Waals surface area contributed by atoms with Gasteiger partial charge in [0.25, 0.3) is 0 Å². The minimum Gasteiger partial charge on any atom is -0.490 e. The lowest BCUT2D eigenvalue weighted by molar-refractivity contribution is 0.103. The van der Waals surface area contributed by atoms with Crippen molar-refractivity contribution in [3.8, 4) is 5.75 Å². The quantitative estimate of drug-likeness (QED) is 0.599. The number of carbonyl (C=O) groups is 1. The molecule has 0 saturated carbocycles. The van der Waals surface area contributed by atoms with E-state index in [1.165, 1.54) is 0 Å². The molecule has 0 unspecified atom stereocenters. The summed E-state index contributed by atoms with van der Waals surface area (Å²) in [5.74, 6) is 0.446. The first kappa shape index (κ1) is 15.5. The van der Waals surface area contributed by atoms with Gasteiger partial charge in [-0.1, -0.05) is 35.9 Å². The third-order valence-corrected chi connectivity index (χ3v) is 3.52. The number of benzene rings is 2. The lowest BCUT2D eigenvalue weighted by atomic mass is 10.0. The maximum atomic E-state index is 12.6. The van der Waals surface area contributed by atoms with Crippen molar-refractivity contribution in [2.24, 2.45) is 0 Å². The summed E-state index contributed by atoms with van der Waals surface area (Å²) in [6.45, 7) is 2.77. The highest BCUT2D eigenvalue weighted by atomic mass is 35.5. The molecule has 2 aromatic rings. The zero-order valence-corrected chi connectivity index (χ0v) is 12.8. The summed E-state index contributed by atoms with van der Waals surface area (Å²) >= 11 is 6.09. The summed E-state index contributed by atoms with van der Waals surface area (Å²) in [5, 5.41) is 0.582. The molecule has 0 amide bonds. The van der Waals surface area contributed by atoms with Crippen LogP contribution >= 0.6 is 11.6 Å². The van der Waals surface area contributed by atoms with Crippen molar-refractivity contribution in [1.29, 1.82) is 0 Å². The van der Waals surface area contributed by atoms with Gasteiger partial charge in [0.05, 0.1) is 12.2 Å². The van der Waals surface area contributed by atoms with Gasteiger partial charge in [-0.2, -0.15) is 0 Å². The van der Waals surface area contributed by atoms with Gasteiger partial charge in [-0.3, -0.25) is 4.79 Å². The molecular weight excluding hydrogens is 288 g/mol. The van der Waals surface area contributed by atoms with E-state index >= 15 is 0 Å². The van der Waals surface area contributed by atoms with Crippen LogP contribution in [0.25, 0.3) is 0 Å². The Bertz CT molecular complexity index is 638. The maximum absolute atomic E-state index is 12.6. The topological polar surface area (TPSA) is 35.5 Å². The molecular formula is C17H17ClO3. The van der Waals surface area contributed by atoms with Crippen LogP contribution in [0.5, 0.6) is 5.75 Å². The Morgan fingerprint density at radius 1 is 1.14 bits per heavy atom. The predicted octanol–water partition coefficient (Wildman–Crippen LogP) is 3.90. The highest BCUT2D eigenvalue weighted by Gasteiger charge is 2.15. The molecule has 0 aromatic heterocycles. The Morgan fingerprint density at radius 3 is 2.62 bits per heavy atom. The second-order valence-corrected chi connectivity index (χ2v) is 5.04. The van der Waals surface area contributed by atoms with Crippen LogP contribution < -0.4 is 4.74 Å². The fourth-order valence-electron chi connectivity index (χ4n) is 1.90. The molecule has 0 aliphatic rings. The van der Waals surface area contributed by atoms with Gasteiger partial charge in [0, 0.05) is 17.7 Å². The van der Waals surface area contributed by atoms with Gasteiger partial charge in [-0.25, -0.2) is 0 Å². The first-order chi connectivity index (χ1) is 10.1. The molecule has 3 nitrogen and oxygen atoms in total. The zero-order chi connectivity index (χ0) is 15.2. The Morgan fingerprint density at radius 2 is 1.90 bits per heavy atom. The van der Waals surface area contributed by atoms with Crippen LogP contribution in [-0.4, -0.2) is 26.1 Å². The molecule has 0 fully saturated rings. The van der Waals surface area contributed by atoms with Gasteiger partial charge in [-0.05, 0) is 30.7 Å². The number of rotatable bonds is 6. The second-order valence-electron chi connectivity index (χ2n) is 4.63. The van der Waals surface area contributed by atoms with E-state index in [1.807, 2.05) is 25.1 Å². The molecule has 0 aliphatic heterocycles. The van der Waals surface area contributed by atoms with Crippen molar-refractivity contribution >= 4 is 17.4 Å². The molecule has 4 heteroatoms. The molecule has 2 rings (SSSR count). The van der Waals surface area contributed by atoms with Crippen molar-refractivity contribution in [3.63, 3.8) is 0 Å². The van der Waals surface area contributed by atoms with Gasteiger partial charge in [-0.15, -0.1) is 0 Å². The van der Waals surface area contributed by atoms with Gasteiger partial charge < -0.3 is 9.47 Å². The summed E-state index contributed by atoms with van der Waals surface area (Å²) in [7, 11) is 1.61. The summed E-state index contributed by atoms with van der Waals surface area (Å²) in [4.78, 5) is 12.6. The molecule has 0 aliphatic carbocycles. The van der Waals surface area contributed by atoms with Crippen LogP contribution in [-0.2, 0) is 4.74 Å². The van der Waals surface area contributed by atoms with Crippen LogP contribution in [0.4, 0.5) is 0 Å². The standard InChI is InChI=1S/C17H17ClO3/c1-12-7-8-13(11-15(12)18)17(19)14-5-3-4-6-16(14)21-10-9-20-2/h3-8,11H,9-10H2,1-2H3. The fourth-order valence-corrected chi connectivity index (χ4v) is 2.09. The average molecular weight is 305 g/mol.